The molecule has 0 spiro atoms. The van der Waals surface area contributed by atoms with E-state index in [1.807, 2.05) is 40.1 Å². The van der Waals surface area contributed by atoms with Crippen molar-refractivity contribution in [3.05, 3.63) is 60.2 Å². The van der Waals surface area contributed by atoms with Crippen molar-refractivity contribution < 1.29 is 14.4 Å². The van der Waals surface area contributed by atoms with Gasteiger partial charge in [0.25, 0.3) is 5.91 Å². The summed E-state index contributed by atoms with van der Waals surface area (Å²) in [5.74, 6) is 0.00566. The average molecular weight is 464 g/mol. The van der Waals surface area contributed by atoms with Gasteiger partial charge in [0.15, 0.2) is 0 Å². The van der Waals surface area contributed by atoms with Crippen molar-refractivity contribution in [1.82, 2.24) is 14.7 Å². The van der Waals surface area contributed by atoms with Crippen LogP contribution in [0.1, 0.15) is 36.0 Å². The highest BCUT2D eigenvalue weighted by Crippen LogP contribution is 2.16. The Hall–Kier alpha value is -3.39. The summed E-state index contributed by atoms with van der Waals surface area (Å²) in [6, 6.07) is 16.4. The number of hydrogen-bond acceptors (Lipinski definition) is 4. The molecule has 34 heavy (non-hydrogen) atoms. The molecule has 2 aliphatic rings. The molecule has 2 N–H and O–H groups in total. The maximum atomic E-state index is 12.7. The van der Waals surface area contributed by atoms with E-state index in [1.165, 1.54) is 12.8 Å². The monoisotopic (exact) mass is 463 g/mol. The van der Waals surface area contributed by atoms with Crippen molar-refractivity contribution in [3.8, 4) is 0 Å². The van der Waals surface area contributed by atoms with E-state index in [9.17, 15) is 14.4 Å². The van der Waals surface area contributed by atoms with Gasteiger partial charge < -0.3 is 20.4 Å². The molecule has 4 amide bonds. The van der Waals surface area contributed by atoms with Gasteiger partial charge in [0.05, 0.1) is 6.54 Å². The molecule has 2 aromatic rings. The van der Waals surface area contributed by atoms with Crippen LogP contribution in [0.4, 0.5) is 16.2 Å². The maximum absolute atomic E-state index is 12.7. The molecule has 8 heteroatoms. The molecule has 0 saturated carbocycles. The van der Waals surface area contributed by atoms with Crippen LogP contribution in [0.15, 0.2) is 54.6 Å². The van der Waals surface area contributed by atoms with E-state index in [-0.39, 0.29) is 17.8 Å². The average Bonchev–Trinajstić information content (AvgIpc) is 3.15. The molecule has 2 saturated heterocycles. The van der Waals surface area contributed by atoms with Crippen LogP contribution in [0.5, 0.6) is 0 Å². The zero-order chi connectivity index (χ0) is 23.8. The summed E-state index contributed by atoms with van der Waals surface area (Å²) in [6.07, 6.45) is 4.49. The van der Waals surface area contributed by atoms with Crippen LogP contribution in [0.2, 0.25) is 0 Å². The fourth-order valence-electron chi connectivity index (χ4n) is 4.39. The number of hydrogen-bond donors (Lipinski definition) is 2. The Balaban J connectivity index is 1.21. The molecule has 0 bridgehead atoms. The Morgan fingerprint density at radius 2 is 1.26 bits per heavy atom. The van der Waals surface area contributed by atoms with E-state index in [4.69, 9.17) is 0 Å². The second-order valence-electron chi connectivity index (χ2n) is 8.89. The van der Waals surface area contributed by atoms with Crippen LogP contribution in [-0.4, -0.2) is 78.4 Å². The number of para-hydroxylation sites is 1. The van der Waals surface area contributed by atoms with Crippen molar-refractivity contribution in [3.63, 3.8) is 0 Å². The first-order chi connectivity index (χ1) is 16.6. The quantitative estimate of drug-likeness (QED) is 0.711. The van der Waals surface area contributed by atoms with Gasteiger partial charge in [-0.15, -0.1) is 0 Å². The molecule has 0 aliphatic carbocycles. The van der Waals surface area contributed by atoms with Gasteiger partial charge >= 0.3 is 6.03 Å². The standard InChI is InChI=1S/C26H33N5O3/c32-24(27-22-8-4-3-5-9-22)20-29-16-18-31(19-17-29)26(34)28-23-12-10-21(11-13-23)25(33)30-14-6-1-2-7-15-30/h3-5,8-13H,1-2,6-7,14-20H2,(H,27,32)(H,28,34). The van der Waals surface area contributed by atoms with Crippen LogP contribution in [0, 0.1) is 0 Å². The summed E-state index contributed by atoms with van der Waals surface area (Å²) in [6.45, 7) is 4.31. The summed E-state index contributed by atoms with van der Waals surface area (Å²) in [5, 5.41) is 5.81. The highest BCUT2D eigenvalue weighted by atomic mass is 16.2. The number of likely N-dealkylation sites (tertiary alicyclic amines) is 1. The van der Waals surface area contributed by atoms with Crippen LogP contribution in [0.3, 0.4) is 0 Å². The van der Waals surface area contributed by atoms with Crippen molar-refractivity contribution >= 4 is 29.2 Å². The first kappa shape index (κ1) is 23.8. The lowest BCUT2D eigenvalue weighted by molar-refractivity contribution is -0.117. The number of nitrogens with one attached hydrogen (secondary N) is 2. The minimum Gasteiger partial charge on any atom is -0.339 e. The highest BCUT2D eigenvalue weighted by molar-refractivity contribution is 5.95. The van der Waals surface area contributed by atoms with Gasteiger partial charge in [0, 0.05) is 56.2 Å². The first-order valence-electron chi connectivity index (χ1n) is 12.1. The Morgan fingerprint density at radius 1 is 0.647 bits per heavy atom. The van der Waals surface area contributed by atoms with Crippen molar-refractivity contribution in [2.24, 2.45) is 0 Å². The summed E-state index contributed by atoms with van der Waals surface area (Å²) >= 11 is 0. The molecule has 2 heterocycles. The van der Waals surface area contributed by atoms with Crippen molar-refractivity contribution in [1.29, 1.82) is 0 Å². The molecular formula is C26H33N5O3. The van der Waals surface area contributed by atoms with Crippen LogP contribution in [-0.2, 0) is 4.79 Å². The third-order valence-electron chi connectivity index (χ3n) is 6.36. The van der Waals surface area contributed by atoms with Crippen molar-refractivity contribution in [2.75, 3.05) is 56.4 Å². The lowest BCUT2D eigenvalue weighted by atomic mass is 10.1. The van der Waals surface area contributed by atoms with E-state index >= 15 is 0 Å². The van der Waals surface area contributed by atoms with Gasteiger partial charge in [-0.05, 0) is 49.2 Å². The van der Waals surface area contributed by atoms with Crippen LogP contribution < -0.4 is 10.6 Å². The number of anilines is 2. The fraction of sp³-hybridized carbons (Fsp3) is 0.423. The van der Waals surface area contributed by atoms with Gasteiger partial charge in [-0.1, -0.05) is 31.0 Å². The molecule has 0 unspecified atom stereocenters. The number of benzene rings is 2. The summed E-state index contributed by atoms with van der Waals surface area (Å²) in [4.78, 5) is 43.4. The lowest BCUT2D eigenvalue weighted by Gasteiger charge is -2.34. The van der Waals surface area contributed by atoms with Gasteiger partial charge in [0.2, 0.25) is 5.91 Å². The Labute approximate surface area is 200 Å². The number of carbonyl (C=O) groups excluding carboxylic acids is 3. The predicted octanol–water partition coefficient (Wildman–Crippen LogP) is 3.49. The Morgan fingerprint density at radius 3 is 1.91 bits per heavy atom. The van der Waals surface area contributed by atoms with E-state index in [0.717, 1.165) is 31.6 Å². The molecule has 2 fully saturated rings. The summed E-state index contributed by atoms with van der Waals surface area (Å²) < 4.78 is 0. The van der Waals surface area contributed by atoms with Gasteiger partial charge in [0.1, 0.15) is 0 Å². The minimum atomic E-state index is -0.167. The predicted molar refractivity (Wildman–Crippen MR) is 133 cm³/mol. The summed E-state index contributed by atoms with van der Waals surface area (Å²) in [5.41, 5.74) is 2.11. The number of piperazine rings is 1. The third-order valence-corrected chi connectivity index (χ3v) is 6.36. The fourth-order valence-corrected chi connectivity index (χ4v) is 4.39. The number of rotatable bonds is 5. The number of carbonyl (C=O) groups is 3. The van der Waals surface area contributed by atoms with E-state index < -0.39 is 0 Å². The van der Waals surface area contributed by atoms with Crippen LogP contribution in [0.25, 0.3) is 0 Å². The topological polar surface area (TPSA) is 85.0 Å². The number of urea groups is 1. The third kappa shape index (κ3) is 6.57. The molecular weight excluding hydrogens is 430 g/mol. The molecule has 2 aromatic carbocycles. The SMILES string of the molecule is O=C(CN1CCN(C(=O)Nc2ccc(C(=O)N3CCCCCC3)cc2)CC1)Nc1ccccc1. The van der Waals surface area contributed by atoms with Crippen molar-refractivity contribution in [2.45, 2.75) is 25.7 Å². The van der Waals surface area contributed by atoms with E-state index in [0.29, 0.717) is 44.0 Å². The zero-order valence-electron chi connectivity index (χ0n) is 19.5. The molecule has 0 aromatic heterocycles. The Bertz CT molecular complexity index is 964. The summed E-state index contributed by atoms with van der Waals surface area (Å²) in [7, 11) is 0. The van der Waals surface area contributed by atoms with Gasteiger partial charge in [-0.2, -0.15) is 0 Å². The number of amides is 4. The molecule has 2 aliphatic heterocycles. The zero-order valence-corrected chi connectivity index (χ0v) is 19.5. The molecule has 0 radical (unpaired) electrons. The second-order valence-corrected chi connectivity index (χ2v) is 8.89. The largest absolute Gasteiger partial charge is 0.339 e. The smallest absolute Gasteiger partial charge is 0.321 e. The first-order valence-corrected chi connectivity index (χ1v) is 12.1. The Kier molecular flexibility index (Phi) is 8.14. The lowest BCUT2D eigenvalue weighted by Crippen LogP contribution is -2.51. The highest BCUT2D eigenvalue weighted by Gasteiger charge is 2.23. The van der Waals surface area contributed by atoms with E-state index in [1.54, 1.807) is 29.2 Å². The maximum Gasteiger partial charge on any atom is 0.321 e. The van der Waals surface area contributed by atoms with Crippen LogP contribution >= 0.6 is 0 Å². The minimum absolute atomic E-state index is 0.0566. The number of nitrogens with zero attached hydrogens (tertiary/aromatic N) is 3. The second kappa shape index (κ2) is 11.7. The molecule has 8 nitrogen and oxygen atoms in total. The molecule has 180 valence electrons. The molecule has 0 atom stereocenters. The van der Waals surface area contributed by atoms with Gasteiger partial charge in [-0.3, -0.25) is 14.5 Å². The molecule has 4 rings (SSSR count). The normalized spacial score (nSPS) is 17.1. The van der Waals surface area contributed by atoms with Gasteiger partial charge in [-0.25, -0.2) is 4.79 Å². The van der Waals surface area contributed by atoms with E-state index in [2.05, 4.69) is 10.6 Å².